The number of carbonyl (C=O) groups excluding carboxylic acids is 1. The van der Waals surface area contributed by atoms with Gasteiger partial charge >= 0.3 is 0 Å². The van der Waals surface area contributed by atoms with Gasteiger partial charge in [-0.2, -0.15) is 0 Å². The number of rotatable bonds is 6. The Labute approximate surface area is 137 Å². The molecule has 2 N–H and O–H groups in total. The molecule has 0 spiro atoms. The van der Waals surface area contributed by atoms with E-state index in [4.69, 9.17) is 4.74 Å². The number of methoxy groups -OCH3 is 1. The number of hydrogen-bond donors (Lipinski definition) is 2. The monoisotopic (exact) mass is 322 g/mol. The van der Waals surface area contributed by atoms with E-state index in [2.05, 4.69) is 10.6 Å². The second-order valence-corrected chi connectivity index (χ2v) is 7.00. The lowest BCUT2D eigenvalue weighted by Crippen LogP contribution is -2.50. The summed E-state index contributed by atoms with van der Waals surface area (Å²) in [4.78, 5) is 12.7. The third-order valence-corrected chi connectivity index (χ3v) is 4.85. The van der Waals surface area contributed by atoms with Gasteiger partial charge in [-0.25, -0.2) is 4.39 Å². The smallest absolute Gasteiger partial charge is 0.230 e. The van der Waals surface area contributed by atoms with Crippen LogP contribution in [0, 0.1) is 11.2 Å². The van der Waals surface area contributed by atoms with Gasteiger partial charge in [0.15, 0.2) is 0 Å². The van der Waals surface area contributed by atoms with E-state index >= 15 is 0 Å². The van der Waals surface area contributed by atoms with Crippen molar-refractivity contribution in [2.45, 2.75) is 32.1 Å². The zero-order chi connectivity index (χ0) is 16.9. The number of ether oxygens (including phenoxy) is 1. The minimum absolute atomic E-state index is 0.0202. The first-order chi connectivity index (χ1) is 10.9. The molecular formula is C18H27FN2O2. The van der Waals surface area contributed by atoms with Gasteiger partial charge in [0, 0.05) is 19.1 Å². The average molecular weight is 322 g/mol. The molecule has 1 aromatic rings. The highest BCUT2D eigenvalue weighted by atomic mass is 19.1. The second kappa shape index (κ2) is 7.41. The molecule has 23 heavy (non-hydrogen) atoms. The molecule has 5 heteroatoms. The van der Waals surface area contributed by atoms with Crippen molar-refractivity contribution in [1.82, 2.24) is 10.6 Å². The summed E-state index contributed by atoms with van der Waals surface area (Å²) in [6.07, 6.45) is 1.95. The standard InChI is InChI=1S/C18H27FN2O2/c1-17(2,14-5-4-6-15(19)11-14)16(22)21-12-18(13-23-3)7-9-20-10-8-18/h4-6,11,20H,7-10,12-13H2,1-3H3,(H,21,22). The molecule has 1 aliphatic heterocycles. The number of halogens is 1. The maximum absolute atomic E-state index is 13.4. The highest BCUT2D eigenvalue weighted by molar-refractivity contribution is 5.87. The van der Waals surface area contributed by atoms with Crippen molar-refractivity contribution < 1.29 is 13.9 Å². The average Bonchev–Trinajstić information content (AvgIpc) is 2.54. The summed E-state index contributed by atoms with van der Waals surface area (Å²) in [7, 11) is 1.70. The minimum Gasteiger partial charge on any atom is -0.384 e. The Bertz CT molecular complexity index is 534. The predicted molar refractivity (Wildman–Crippen MR) is 88.8 cm³/mol. The van der Waals surface area contributed by atoms with E-state index in [9.17, 15) is 9.18 Å². The molecular weight excluding hydrogens is 295 g/mol. The predicted octanol–water partition coefficient (Wildman–Crippen LogP) is 2.24. The molecule has 0 atom stereocenters. The van der Waals surface area contributed by atoms with Gasteiger partial charge in [-0.05, 0) is 57.5 Å². The molecule has 128 valence electrons. The molecule has 1 heterocycles. The van der Waals surface area contributed by atoms with Crippen LogP contribution in [0.3, 0.4) is 0 Å². The van der Waals surface area contributed by atoms with E-state index in [1.165, 1.54) is 12.1 Å². The number of hydrogen-bond acceptors (Lipinski definition) is 3. The maximum Gasteiger partial charge on any atom is 0.230 e. The SMILES string of the molecule is COCC1(CNC(=O)C(C)(C)c2cccc(F)c2)CCNCC1. The lowest BCUT2D eigenvalue weighted by atomic mass is 9.78. The third kappa shape index (κ3) is 4.30. The Kier molecular flexibility index (Phi) is 5.76. The Hall–Kier alpha value is -1.46. The van der Waals surface area contributed by atoms with E-state index in [0.29, 0.717) is 18.7 Å². The Morgan fingerprint density at radius 1 is 1.39 bits per heavy atom. The van der Waals surface area contributed by atoms with Gasteiger partial charge in [0.25, 0.3) is 0 Å². The lowest BCUT2D eigenvalue weighted by Gasteiger charge is -2.38. The van der Waals surface area contributed by atoms with Crippen LogP contribution in [0.4, 0.5) is 4.39 Å². The topological polar surface area (TPSA) is 50.4 Å². The summed E-state index contributed by atoms with van der Waals surface area (Å²) in [5, 5.41) is 6.41. The normalized spacial score (nSPS) is 17.7. The Morgan fingerprint density at radius 2 is 2.09 bits per heavy atom. The molecule has 0 aliphatic carbocycles. The summed E-state index contributed by atoms with van der Waals surface area (Å²) in [5.41, 5.74) is -0.113. The lowest BCUT2D eigenvalue weighted by molar-refractivity contribution is -0.126. The molecule has 0 saturated carbocycles. The first kappa shape index (κ1) is 17.9. The van der Waals surface area contributed by atoms with Crippen molar-refractivity contribution in [3.63, 3.8) is 0 Å². The highest BCUT2D eigenvalue weighted by Crippen LogP contribution is 2.29. The van der Waals surface area contributed by atoms with Crippen LogP contribution in [0.2, 0.25) is 0 Å². The van der Waals surface area contributed by atoms with Crippen LogP contribution in [0.5, 0.6) is 0 Å². The van der Waals surface area contributed by atoms with Gasteiger partial charge in [-0.3, -0.25) is 4.79 Å². The number of nitrogens with one attached hydrogen (secondary N) is 2. The van der Waals surface area contributed by atoms with Crippen molar-refractivity contribution in [3.05, 3.63) is 35.6 Å². The summed E-state index contributed by atoms with van der Waals surface area (Å²) >= 11 is 0. The molecule has 1 aliphatic rings. The first-order valence-corrected chi connectivity index (χ1v) is 8.14. The van der Waals surface area contributed by atoms with E-state index in [1.54, 1.807) is 19.2 Å². The van der Waals surface area contributed by atoms with Crippen molar-refractivity contribution in [2.75, 3.05) is 33.4 Å². The fourth-order valence-corrected chi connectivity index (χ4v) is 3.13. The second-order valence-electron chi connectivity index (χ2n) is 7.00. The zero-order valence-corrected chi connectivity index (χ0v) is 14.2. The maximum atomic E-state index is 13.4. The van der Waals surface area contributed by atoms with Gasteiger partial charge in [0.05, 0.1) is 12.0 Å². The van der Waals surface area contributed by atoms with Crippen LogP contribution in [-0.4, -0.2) is 39.3 Å². The summed E-state index contributed by atoms with van der Waals surface area (Å²) < 4.78 is 18.8. The zero-order valence-electron chi connectivity index (χ0n) is 14.2. The van der Waals surface area contributed by atoms with Crippen LogP contribution in [0.1, 0.15) is 32.3 Å². The van der Waals surface area contributed by atoms with Crippen molar-refractivity contribution in [3.8, 4) is 0 Å². The van der Waals surface area contributed by atoms with Gasteiger partial charge in [0.2, 0.25) is 5.91 Å². The van der Waals surface area contributed by atoms with Crippen molar-refractivity contribution in [2.24, 2.45) is 5.41 Å². The van der Waals surface area contributed by atoms with Crippen molar-refractivity contribution in [1.29, 1.82) is 0 Å². The van der Waals surface area contributed by atoms with Gasteiger partial charge in [0.1, 0.15) is 5.82 Å². The van der Waals surface area contributed by atoms with E-state index in [1.807, 2.05) is 13.8 Å². The summed E-state index contributed by atoms with van der Waals surface area (Å²) in [6.45, 7) is 6.74. The molecule has 0 aromatic heterocycles. The quantitative estimate of drug-likeness (QED) is 0.844. The number of carbonyl (C=O) groups is 1. The van der Waals surface area contributed by atoms with Gasteiger partial charge in [-0.1, -0.05) is 12.1 Å². The van der Waals surface area contributed by atoms with Crippen LogP contribution in [-0.2, 0) is 14.9 Å². The first-order valence-electron chi connectivity index (χ1n) is 8.14. The fraction of sp³-hybridized carbons (Fsp3) is 0.611. The van der Waals surface area contributed by atoms with Crippen LogP contribution < -0.4 is 10.6 Å². The van der Waals surface area contributed by atoms with E-state index in [0.717, 1.165) is 25.9 Å². The molecule has 1 amide bonds. The minimum atomic E-state index is -0.775. The van der Waals surface area contributed by atoms with Crippen LogP contribution >= 0.6 is 0 Å². The molecule has 1 saturated heterocycles. The highest BCUT2D eigenvalue weighted by Gasteiger charge is 2.35. The molecule has 0 radical (unpaired) electrons. The molecule has 0 bridgehead atoms. The molecule has 1 fully saturated rings. The van der Waals surface area contributed by atoms with Crippen LogP contribution in [0.25, 0.3) is 0 Å². The van der Waals surface area contributed by atoms with Gasteiger partial charge < -0.3 is 15.4 Å². The largest absolute Gasteiger partial charge is 0.384 e. The summed E-state index contributed by atoms with van der Waals surface area (Å²) in [5.74, 6) is -0.408. The number of benzene rings is 1. The molecule has 1 aromatic carbocycles. The van der Waals surface area contributed by atoms with Gasteiger partial charge in [-0.15, -0.1) is 0 Å². The van der Waals surface area contributed by atoms with E-state index < -0.39 is 5.41 Å². The Balaban J connectivity index is 2.05. The number of amides is 1. The van der Waals surface area contributed by atoms with Crippen molar-refractivity contribution >= 4 is 5.91 Å². The van der Waals surface area contributed by atoms with E-state index in [-0.39, 0.29) is 17.1 Å². The Morgan fingerprint density at radius 3 is 2.70 bits per heavy atom. The summed E-state index contributed by atoms with van der Waals surface area (Å²) in [6, 6.07) is 6.24. The third-order valence-electron chi connectivity index (χ3n) is 4.85. The molecule has 0 unspecified atom stereocenters. The molecule has 2 rings (SSSR count). The number of piperidine rings is 1. The van der Waals surface area contributed by atoms with Crippen LogP contribution in [0.15, 0.2) is 24.3 Å². The fourth-order valence-electron chi connectivity index (χ4n) is 3.13. The molecule has 4 nitrogen and oxygen atoms in total.